The maximum absolute atomic E-state index is 8.80. The Morgan fingerprint density at radius 3 is 1.83 bits per heavy atom. The van der Waals surface area contributed by atoms with Gasteiger partial charge in [-0.15, -0.1) is 24.8 Å². The predicted molar refractivity (Wildman–Crippen MR) is 58.2 cm³/mol. The highest BCUT2D eigenvalue weighted by Crippen LogP contribution is 2.19. The molecular formula is C7H14Cl2N2O. The highest BCUT2D eigenvalue weighted by Gasteiger charge is 1.92. The fourth-order valence-electron chi connectivity index (χ4n) is 0.562. The highest BCUT2D eigenvalue weighted by molar-refractivity contribution is 5.85. The molecule has 5 heteroatoms. The molecule has 1 rings (SSSR count). The zero-order valence-electron chi connectivity index (χ0n) is 5.65. The van der Waals surface area contributed by atoms with E-state index >= 15 is 0 Å². The van der Waals surface area contributed by atoms with Crippen molar-refractivity contribution in [3.05, 3.63) is 18.2 Å². The number of hydrogen-bond acceptors (Lipinski definition) is 3. The summed E-state index contributed by atoms with van der Waals surface area (Å²) < 4.78 is 0. The zero-order valence-corrected chi connectivity index (χ0v) is 7.28. The van der Waals surface area contributed by atoms with E-state index < -0.39 is 0 Å². The van der Waals surface area contributed by atoms with Crippen LogP contribution in [-0.2, 0) is 0 Å². The Labute approximate surface area is 84.6 Å². The summed E-state index contributed by atoms with van der Waals surface area (Å²) >= 11 is 0. The van der Waals surface area contributed by atoms with Gasteiger partial charge in [-0.25, -0.2) is 0 Å². The minimum atomic E-state index is 0. The van der Waals surface area contributed by atoms with Crippen LogP contribution in [0.2, 0.25) is 0 Å². The van der Waals surface area contributed by atoms with Gasteiger partial charge in [0.2, 0.25) is 0 Å². The lowest BCUT2D eigenvalue weighted by Crippen LogP contribution is -1.92. The van der Waals surface area contributed by atoms with Crippen molar-refractivity contribution in [1.29, 1.82) is 0 Å². The summed E-state index contributed by atoms with van der Waals surface area (Å²) in [5, 5.41) is 8.80. The van der Waals surface area contributed by atoms with Crippen molar-refractivity contribution in [1.82, 2.24) is 0 Å². The summed E-state index contributed by atoms with van der Waals surface area (Å²) in [6.07, 6.45) is 0. The molecule has 0 saturated heterocycles. The van der Waals surface area contributed by atoms with Crippen LogP contribution in [-0.4, -0.2) is 5.11 Å². The molecule has 72 valence electrons. The second-order valence-electron chi connectivity index (χ2n) is 1.81. The van der Waals surface area contributed by atoms with Gasteiger partial charge in [-0.2, -0.15) is 0 Å². The van der Waals surface area contributed by atoms with Gasteiger partial charge in [0.25, 0.3) is 0 Å². The van der Waals surface area contributed by atoms with Crippen molar-refractivity contribution in [2.24, 2.45) is 0 Å². The summed E-state index contributed by atoms with van der Waals surface area (Å²) in [5.74, 6) is 0.140. The average Bonchev–Trinajstić information content (AvgIpc) is 1.80. The SMILES string of the molecule is C.Cl.Cl.Nc1ccc(O)cc1N. The number of phenols is 1. The number of halogens is 2. The lowest BCUT2D eigenvalue weighted by atomic mass is 10.3. The van der Waals surface area contributed by atoms with Crippen molar-refractivity contribution in [2.75, 3.05) is 11.5 Å². The van der Waals surface area contributed by atoms with E-state index in [1.54, 1.807) is 6.07 Å². The molecule has 1 aromatic rings. The topological polar surface area (TPSA) is 72.3 Å². The standard InChI is InChI=1S/C6H8N2O.CH4.2ClH/c7-5-2-1-4(9)3-6(5)8;;;/h1-3,9H,7-8H2;1H4;2*1H. The molecule has 0 atom stereocenters. The van der Waals surface area contributed by atoms with E-state index in [4.69, 9.17) is 16.6 Å². The van der Waals surface area contributed by atoms with Crippen molar-refractivity contribution < 1.29 is 5.11 Å². The van der Waals surface area contributed by atoms with Crippen LogP contribution in [0.4, 0.5) is 11.4 Å². The Balaban J connectivity index is -0.000000270. The van der Waals surface area contributed by atoms with Gasteiger partial charge in [0.15, 0.2) is 0 Å². The molecule has 12 heavy (non-hydrogen) atoms. The Morgan fingerprint density at radius 1 is 1.00 bits per heavy atom. The van der Waals surface area contributed by atoms with E-state index in [0.717, 1.165) is 0 Å². The van der Waals surface area contributed by atoms with E-state index in [0.29, 0.717) is 11.4 Å². The number of hydrogen-bond donors (Lipinski definition) is 3. The molecule has 0 bridgehead atoms. The monoisotopic (exact) mass is 212 g/mol. The molecular weight excluding hydrogens is 199 g/mol. The zero-order chi connectivity index (χ0) is 6.85. The summed E-state index contributed by atoms with van der Waals surface area (Å²) in [4.78, 5) is 0. The molecule has 0 fully saturated rings. The van der Waals surface area contributed by atoms with Gasteiger partial charge in [-0.05, 0) is 12.1 Å². The summed E-state index contributed by atoms with van der Waals surface area (Å²) in [6, 6.07) is 4.46. The summed E-state index contributed by atoms with van der Waals surface area (Å²) in [7, 11) is 0. The van der Waals surface area contributed by atoms with Crippen molar-refractivity contribution in [3.63, 3.8) is 0 Å². The van der Waals surface area contributed by atoms with Gasteiger partial charge in [0.05, 0.1) is 11.4 Å². The molecule has 0 amide bonds. The number of nitrogens with two attached hydrogens (primary N) is 2. The van der Waals surface area contributed by atoms with Crippen LogP contribution >= 0.6 is 24.8 Å². The number of nitrogen functional groups attached to an aromatic ring is 2. The van der Waals surface area contributed by atoms with E-state index in [2.05, 4.69) is 0 Å². The molecule has 0 aromatic heterocycles. The van der Waals surface area contributed by atoms with Crippen LogP contribution in [0.25, 0.3) is 0 Å². The van der Waals surface area contributed by atoms with E-state index in [9.17, 15) is 0 Å². The fraction of sp³-hybridized carbons (Fsp3) is 0.143. The van der Waals surface area contributed by atoms with E-state index in [1.807, 2.05) is 0 Å². The van der Waals surface area contributed by atoms with Crippen LogP contribution < -0.4 is 11.5 Å². The number of anilines is 2. The molecule has 0 radical (unpaired) electrons. The molecule has 0 aliphatic carbocycles. The molecule has 0 saturated carbocycles. The molecule has 1 aromatic carbocycles. The Morgan fingerprint density at radius 2 is 1.50 bits per heavy atom. The molecule has 0 spiro atoms. The van der Waals surface area contributed by atoms with Crippen molar-refractivity contribution >= 4 is 36.2 Å². The van der Waals surface area contributed by atoms with Crippen LogP contribution in [0.1, 0.15) is 7.43 Å². The number of aromatic hydroxyl groups is 1. The third kappa shape index (κ3) is 4.16. The van der Waals surface area contributed by atoms with E-state index in [-0.39, 0.29) is 38.0 Å². The first-order valence-electron chi connectivity index (χ1n) is 2.54. The first-order chi connectivity index (χ1) is 4.20. The minimum absolute atomic E-state index is 0. The fourth-order valence-corrected chi connectivity index (χ4v) is 0.562. The van der Waals surface area contributed by atoms with Gasteiger partial charge >= 0.3 is 0 Å². The van der Waals surface area contributed by atoms with Gasteiger partial charge in [-0.3, -0.25) is 0 Å². The number of benzene rings is 1. The second-order valence-corrected chi connectivity index (χ2v) is 1.81. The molecule has 3 nitrogen and oxygen atoms in total. The highest BCUT2D eigenvalue weighted by atomic mass is 35.5. The Hall–Kier alpha value is -0.800. The first kappa shape index (κ1) is 17.3. The van der Waals surface area contributed by atoms with Gasteiger partial charge in [0, 0.05) is 6.07 Å². The maximum Gasteiger partial charge on any atom is 0.117 e. The summed E-state index contributed by atoms with van der Waals surface area (Å²) in [6.45, 7) is 0. The number of phenolic OH excluding ortho intramolecular Hbond substituents is 1. The predicted octanol–water partition coefficient (Wildman–Crippen LogP) is 2.04. The van der Waals surface area contributed by atoms with Gasteiger partial charge in [0.1, 0.15) is 5.75 Å². The lowest BCUT2D eigenvalue weighted by molar-refractivity contribution is 0.476. The lowest BCUT2D eigenvalue weighted by Gasteiger charge is -1.97. The largest absolute Gasteiger partial charge is 0.508 e. The minimum Gasteiger partial charge on any atom is -0.508 e. The number of rotatable bonds is 0. The second kappa shape index (κ2) is 6.88. The molecule has 0 aliphatic heterocycles. The third-order valence-corrected chi connectivity index (χ3v) is 1.07. The average molecular weight is 213 g/mol. The van der Waals surface area contributed by atoms with Crippen molar-refractivity contribution in [3.8, 4) is 5.75 Å². The maximum atomic E-state index is 8.80. The Kier molecular flexibility index (Phi) is 9.94. The smallest absolute Gasteiger partial charge is 0.117 e. The van der Waals surface area contributed by atoms with Gasteiger partial charge in [-0.1, -0.05) is 7.43 Å². The molecule has 0 heterocycles. The Bertz CT molecular complexity index is 231. The van der Waals surface area contributed by atoms with Gasteiger partial charge < -0.3 is 16.6 Å². The quantitative estimate of drug-likeness (QED) is 0.456. The van der Waals surface area contributed by atoms with Crippen LogP contribution in [0.5, 0.6) is 5.75 Å². The molecule has 0 unspecified atom stereocenters. The van der Waals surface area contributed by atoms with Crippen molar-refractivity contribution in [2.45, 2.75) is 7.43 Å². The normalized spacial score (nSPS) is 7.00. The van der Waals surface area contributed by atoms with Crippen LogP contribution in [0.15, 0.2) is 18.2 Å². The third-order valence-electron chi connectivity index (χ3n) is 1.07. The molecule has 0 aliphatic rings. The first-order valence-corrected chi connectivity index (χ1v) is 2.54. The van der Waals surface area contributed by atoms with Crippen LogP contribution in [0, 0.1) is 0 Å². The van der Waals surface area contributed by atoms with Crippen LogP contribution in [0.3, 0.4) is 0 Å². The summed E-state index contributed by atoms with van der Waals surface area (Å²) in [5.41, 5.74) is 11.6. The molecule has 5 N–H and O–H groups in total. The van der Waals surface area contributed by atoms with E-state index in [1.165, 1.54) is 12.1 Å².